The minimum atomic E-state index is 0.108. The second-order valence-electron chi connectivity index (χ2n) is 4.24. The number of hydrogen-bond donors (Lipinski definition) is 1. The summed E-state index contributed by atoms with van der Waals surface area (Å²) in [6, 6.07) is 3.76. The molecule has 0 aliphatic rings. The Hall–Kier alpha value is -1.13. The highest BCUT2D eigenvalue weighted by molar-refractivity contribution is 5.07. The van der Waals surface area contributed by atoms with Crippen LogP contribution < -0.4 is 10.9 Å². The van der Waals surface area contributed by atoms with Crippen molar-refractivity contribution in [1.82, 2.24) is 14.8 Å². The molecule has 0 spiro atoms. The van der Waals surface area contributed by atoms with Crippen LogP contribution in [0.1, 0.15) is 5.56 Å². The average Bonchev–Trinajstić information content (AvgIpc) is 2.23. The fraction of sp³-hybridized carbons (Fsp3) is 0.583. The number of hydrogen-bond acceptors (Lipinski definition) is 3. The van der Waals surface area contributed by atoms with Crippen molar-refractivity contribution in [1.29, 1.82) is 0 Å². The van der Waals surface area contributed by atoms with Crippen molar-refractivity contribution in [2.45, 2.75) is 13.5 Å². The van der Waals surface area contributed by atoms with Crippen molar-refractivity contribution in [2.24, 2.45) is 0 Å². The second kappa shape index (κ2) is 6.45. The molecule has 90 valence electrons. The maximum Gasteiger partial charge on any atom is 0.253 e. The van der Waals surface area contributed by atoms with Gasteiger partial charge in [-0.2, -0.15) is 0 Å². The van der Waals surface area contributed by atoms with Crippen molar-refractivity contribution >= 4 is 0 Å². The average molecular weight is 223 g/mol. The van der Waals surface area contributed by atoms with Crippen LogP contribution in [-0.2, 0) is 6.54 Å². The number of nitrogens with one attached hydrogen (secondary N) is 1. The third-order valence-electron chi connectivity index (χ3n) is 2.48. The van der Waals surface area contributed by atoms with Crippen LogP contribution in [0.25, 0.3) is 0 Å². The zero-order valence-electron chi connectivity index (χ0n) is 10.4. The predicted molar refractivity (Wildman–Crippen MR) is 66.9 cm³/mol. The zero-order valence-corrected chi connectivity index (χ0v) is 10.4. The molecule has 1 heterocycles. The van der Waals surface area contributed by atoms with Gasteiger partial charge in [-0.25, -0.2) is 0 Å². The third kappa shape index (κ3) is 4.16. The van der Waals surface area contributed by atoms with E-state index in [2.05, 4.69) is 10.2 Å². The first kappa shape index (κ1) is 12.9. The van der Waals surface area contributed by atoms with Gasteiger partial charge in [-0.05, 0) is 27.1 Å². The van der Waals surface area contributed by atoms with Crippen molar-refractivity contribution in [3.05, 3.63) is 34.2 Å². The molecule has 1 rings (SSSR count). The fourth-order valence-corrected chi connectivity index (χ4v) is 1.46. The molecule has 0 aliphatic carbocycles. The van der Waals surface area contributed by atoms with Crippen LogP contribution in [0.2, 0.25) is 0 Å². The molecule has 16 heavy (non-hydrogen) atoms. The maximum atomic E-state index is 11.7. The molecule has 4 heteroatoms. The van der Waals surface area contributed by atoms with Crippen LogP contribution in [0, 0.1) is 6.92 Å². The van der Waals surface area contributed by atoms with E-state index in [1.165, 1.54) is 0 Å². The Morgan fingerprint density at radius 1 is 1.38 bits per heavy atom. The van der Waals surface area contributed by atoms with Gasteiger partial charge in [0.2, 0.25) is 0 Å². The summed E-state index contributed by atoms with van der Waals surface area (Å²) >= 11 is 0. The summed E-state index contributed by atoms with van der Waals surface area (Å²) < 4.78 is 1.75. The standard InChI is InChI=1S/C12H21N3O/c1-11-5-4-8-15(12(11)16)10-7-13-6-9-14(2)3/h4-5,8,13H,6-7,9-10H2,1-3H3. The molecule has 0 saturated carbocycles. The molecular formula is C12H21N3O. The molecule has 0 atom stereocenters. The SMILES string of the molecule is Cc1cccn(CCNCCN(C)C)c1=O. The summed E-state index contributed by atoms with van der Waals surface area (Å²) in [6.07, 6.45) is 1.84. The van der Waals surface area contributed by atoms with Gasteiger partial charge in [0.1, 0.15) is 0 Å². The Kier molecular flexibility index (Phi) is 5.22. The summed E-state index contributed by atoms with van der Waals surface area (Å²) in [5.41, 5.74) is 0.910. The first-order valence-electron chi connectivity index (χ1n) is 5.63. The summed E-state index contributed by atoms with van der Waals surface area (Å²) in [7, 11) is 4.10. The van der Waals surface area contributed by atoms with E-state index in [1.807, 2.05) is 39.3 Å². The Morgan fingerprint density at radius 2 is 2.12 bits per heavy atom. The van der Waals surface area contributed by atoms with Crippen molar-refractivity contribution in [3.63, 3.8) is 0 Å². The molecule has 1 aromatic rings. The van der Waals surface area contributed by atoms with Gasteiger partial charge >= 0.3 is 0 Å². The van der Waals surface area contributed by atoms with Crippen LogP contribution >= 0.6 is 0 Å². The summed E-state index contributed by atoms with van der Waals surface area (Å²) in [5.74, 6) is 0. The lowest BCUT2D eigenvalue weighted by Gasteiger charge is -2.11. The topological polar surface area (TPSA) is 37.3 Å². The first-order valence-corrected chi connectivity index (χ1v) is 5.63. The Bertz CT molecular complexity index is 371. The molecular weight excluding hydrogens is 202 g/mol. The Balaban J connectivity index is 2.32. The van der Waals surface area contributed by atoms with E-state index in [9.17, 15) is 4.79 Å². The van der Waals surface area contributed by atoms with Gasteiger partial charge < -0.3 is 14.8 Å². The van der Waals surface area contributed by atoms with E-state index in [1.54, 1.807) is 4.57 Å². The maximum absolute atomic E-state index is 11.7. The molecule has 0 unspecified atom stereocenters. The van der Waals surface area contributed by atoms with E-state index < -0.39 is 0 Å². The van der Waals surface area contributed by atoms with E-state index in [0.717, 1.165) is 31.7 Å². The smallest absolute Gasteiger partial charge is 0.253 e. The molecule has 4 nitrogen and oxygen atoms in total. The highest BCUT2D eigenvalue weighted by Crippen LogP contribution is 1.88. The van der Waals surface area contributed by atoms with Crippen LogP contribution in [0.3, 0.4) is 0 Å². The van der Waals surface area contributed by atoms with Crippen LogP contribution in [0.4, 0.5) is 0 Å². The quantitative estimate of drug-likeness (QED) is 0.705. The second-order valence-corrected chi connectivity index (χ2v) is 4.24. The van der Waals surface area contributed by atoms with Crippen molar-refractivity contribution in [2.75, 3.05) is 33.7 Å². The van der Waals surface area contributed by atoms with Crippen LogP contribution in [-0.4, -0.2) is 43.2 Å². The summed E-state index contributed by atoms with van der Waals surface area (Å²) in [5, 5.41) is 3.31. The Labute approximate surface area is 96.9 Å². The highest BCUT2D eigenvalue weighted by Gasteiger charge is 1.97. The highest BCUT2D eigenvalue weighted by atomic mass is 16.1. The van der Waals surface area contributed by atoms with E-state index in [4.69, 9.17) is 0 Å². The first-order chi connectivity index (χ1) is 7.61. The molecule has 0 aromatic carbocycles. The minimum absolute atomic E-state index is 0.108. The molecule has 1 N–H and O–H groups in total. The monoisotopic (exact) mass is 223 g/mol. The van der Waals surface area contributed by atoms with Gasteiger partial charge in [0.25, 0.3) is 5.56 Å². The number of rotatable bonds is 6. The number of pyridine rings is 1. The number of nitrogens with zero attached hydrogens (tertiary/aromatic N) is 2. The van der Waals surface area contributed by atoms with E-state index in [0.29, 0.717) is 0 Å². The van der Waals surface area contributed by atoms with E-state index >= 15 is 0 Å². The molecule has 0 bridgehead atoms. The van der Waals surface area contributed by atoms with Gasteiger partial charge in [0.15, 0.2) is 0 Å². The molecule has 1 aromatic heterocycles. The van der Waals surface area contributed by atoms with E-state index in [-0.39, 0.29) is 5.56 Å². The molecule has 0 saturated heterocycles. The number of aryl methyl sites for hydroxylation is 1. The Morgan fingerprint density at radius 3 is 2.81 bits per heavy atom. The predicted octanol–water partition coefficient (Wildman–Crippen LogP) is 0.308. The molecule has 0 aliphatic heterocycles. The van der Waals surface area contributed by atoms with Crippen LogP contribution in [0.15, 0.2) is 23.1 Å². The van der Waals surface area contributed by atoms with Crippen molar-refractivity contribution in [3.8, 4) is 0 Å². The molecule has 0 radical (unpaired) electrons. The van der Waals surface area contributed by atoms with Gasteiger partial charge in [-0.15, -0.1) is 0 Å². The third-order valence-corrected chi connectivity index (χ3v) is 2.48. The van der Waals surface area contributed by atoms with Gasteiger partial charge in [-0.3, -0.25) is 4.79 Å². The number of aromatic nitrogens is 1. The number of likely N-dealkylation sites (N-methyl/N-ethyl adjacent to an activating group) is 1. The van der Waals surface area contributed by atoms with Gasteiger partial charge in [-0.1, -0.05) is 6.07 Å². The lowest BCUT2D eigenvalue weighted by Crippen LogP contribution is -2.31. The fourth-order valence-electron chi connectivity index (χ4n) is 1.46. The molecule has 0 fully saturated rings. The summed E-state index contributed by atoms with van der Waals surface area (Å²) in [6.45, 7) is 5.37. The van der Waals surface area contributed by atoms with Crippen molar-refractivity contribution < 1.29 is 0 Å². The minimum Gasteiger partial charge on any atom is -0.314 e. The normalized spacial score (nSPS) is 11.0. The lowest BCUT2D eigenvalue weighted by atomic mass is 10.3. The van der Waals surface area contributed by atoms with Crippen LogP contribution in [0.5, 0.6) is 0 Å². The largest absolute Gasteiger partial charge is 0.314 e. The lowest BCUT2D eigenvalue weighted by molar-refractivity contribution is 0.397. The molecule has 0 amide bonds. The summed E-state index contributed by atoms with van der Waals surface area (Å²) in [4.78, 5) is 13.8. The van der Waals surface area contributed by atoms with Gasteiger partial charge in [0.05, 0.1) is 0 Å². The zero-order chi connectivity index (χ0) is 12.0. The van der Waals surface area contributed by atoms with Gasteiger partial charge in [0, 0.05) is 37.9 Å².